The molecule has 8 aromatic carbocycles. The summed E-state index contributed by atoms with van der Waals surface area (Å²) in [5.41, 5.74) is 8.88. The molecule has 0 aliphatic carbocycles. The van der Waals surface area contributed by atoms with Crippen molar-refractivity contribution in [2.45, 2.75) is 18.6 Å². The van der Waals surface area contributed by atoms with Crippen LogP contribution in [-0.2, 0) is 0 Å². The molecular weight excluding hydrogens is 663 g/mol. The zero-order valence-electron chi connectivity index (χ0n) is 29.3. The molecule has 3 unspecified atom stereocenters. The standard InChI is InChI=1S/C48H35N5O/c1-4-12-31(13-5-1)45-50-46(32-14-6-2-7-15-32)52-47(51-45)34-22-25-37-33(28-34)21-20-30-24-27-40-44(43(30)37)54-48(49-40)35-23-26-39-38-18-10-11-19-41(38)53(42(39)29-35)36-16-8-3-9-17-36/h1-29,45,47-49,51H,(H,50,52). The van der Waals surface area contributed by atoms with Crippen LogP contribution in [0.2, 0.25) is 0 Å². The number of para-hydroxylation sites is 2. The Hall–Kier alpha value is -6.89. The third kappa shape index (κ3) is 5.03. The van der Waals surface area contributed by atoms with Gasteiger partial charge in [0.1, 0.15) is 18.2 Å². The lowest BCUT2D eigenvalue weighted by molar-refractivity contribution is 0.263. The normalized spacial score (nSPS) is 17.9. The quantitative estimate of drug-likeness (QED) is 0.157. The number of hydrogen-bond acceptors (Lipinski definition) is 5. The molecule has 0 bridgehead atoms. The van der Waals surface area contributed by atoms with E-state index in [4.69, 9.17) is 9.73 Å². The van der Waals surface area contributed by atoms with Crippen LogP contribution in [0.25, 0.3) is 49.0 Å². The lowest BCUT2D eigenvalue weighted by Crippen LogP contribution is -2.44. The number of anilines is 1. The molecule has 2 aliphatic heterocycles. The van der Waals surface area contributed by atoms with Gasteiger partial charge in [0.05, 0.1) is 16.7 Å². The van der Waals surface area contributed by atoms with Crippen molar-refractivity contribution in [3.63, 3.8) is 0 Å². The van der Waals surface area contributed by atoms with Gasteiger partial charge in [0.15, 0.2) is 12.0 Å². The number of aromatic nitrogens is 1. The molecule has 6 nitrogen and oxygen atoms in total. The molecule has 3 atom stereocenters. The summed E-state index contributed by atoms with van der Waals surface area (Å²) in [4.78, 5) is 5.19. The van der Waals surface area contributed by atoms with E-state index in [-0.39, 0.29) is 18.6 Å². The number of aliphatic imine (C=N–C) groups is 1. The first-order chi connectivity index (χ1) is 26.7. The fraction of sp³-hybridized carbons (Fsp3) is 0.0625. The van der Waals surface area contributed by atoms with Gasteiger partial charge in [0.2, 0.25) is 0 Å². The molecule has 2 aliphatic rings. The second-order valence-corrected chi connectivity index (χ2v) is 14.1. The average Bonchev–Trinajstić information content (AvgIpc) is 3.84. The van der Waals surface area contributed by atoms with Crippen molar-refractivity contribution in [2.75, 3.05) is 5.32 Å². The molecule has 0 spiro atoms. The second kappa shape index (κ2) is 12.4. The summed E-state index contributed by atoms with van der Waals surface area (Å²) >= 11 is 0. The van der Waals surface area contributed by atoms with Crippen molar-refractivity contribution in [1.29, 1.82) is 0 Å². The van der Waals surface area contributed by atoms with Gasteiger partial charge in [-0.15, -0.1) is 0 Å². The maximum atomic E-state index is 6.89. The first-order valence-electron chi connectivity index (χ1n) is 18.5. The average molecular weight is 698 g/mol. The third-order valence-corrected chi connectivity index (χ3v) is 10.9. The SMILES string of the molecule is c1ccc(C2=NC(c3ccc4c(ccc5ccc6c(c54)OC(c4ccc5c7ccccc7n(-c7ccccc7)c5c4)N6)c3)NC(c3ccccc3)N2)cc1. The minimum absolute atomic E-state index is 0.0935. The lowest BCUT2D eigenvalue weighted by Gasteiger charge is -2.32. The summed E-state index contributed by atoms with van der Waals surface area (Å²) in [5, 5.41) is 18.1. The number of ether oxygens (including phenoxy) is 1. The molecule has 1 aromatic heterocycles. The smallest absolute Gasteiger partial charge is 0.196 e. The lowest BCUT2D eigenvalue weighted by atomic mass is 9.97. The highest BCUT2D eigenvalue weighted by Crippen LogP contribution is 2.46. The van der Waals surface area contributed by atoms with Crippen LogP contribution >= 0.6 is 0 Å². The van der Waals surface area contributed by atoms with E-state index in [1.165, 1.54) is 16.3 Å². The summed E-state index contributed by atoms with van der Waals surface area (Å²) in [6.45, 7) is 0. The molecule has 0 amide bonds. The minimum atomic E-state index is -0.327. The van der Waals surface area contributed by atoms with E-state index in [0.717, 1.165) is 72.3 Å². The first-order valence-corrected chi connectivity index (χ1v) is 18.5. The molecule has 0 radical (unpaired) electrons. The van der Waals surface area contributed by atoms with Gasteiger partial charge in [-0.25, -0.2) is 4.99 Å². The molecule has 0 saturated heterocycles. The second-order valence-electron chi connectivity index (χ2n) is 14.1. The number of amidine groups is 1. The molecular formula is C48H35N5O. The molecule has 0 saturated carbocycles. The van der Waals surface area contributed by atoms with Crippen LogP contribution in [0.3, 0.4) is 0 Å². The van der Waals surface area contributed by atoms with Crippen LogP contribution in [0, 0.1) is 0 Å². The fourth-order valence-corrected chi connectivity index (χ4v) is 8.28. The highest BCUT2D eigenvalue weighted by Gasteiger charge is 2.29. The Morgan fingerprint density at radius 1 is 0.519 bits per heavy atom. The zero-order valence-corrected chi connectivity index (χ0v) is 29.3. The predicted molar refractivity (Wildman–Crippen MR) is 220 cm³/mol. The Balaban J connectivity index is 0.973. The Morgan fingerprint density at radius 3 is 2.06 bits per heavy atom. The highest BCUT2D eigenvalue weighted by atomic mass is 16.5. The van der Waals surface area contributed by atoms with Gasteiger partial charge in [0, 0.05) is 33.0 Å². The van der Waals surface area contributed by atoms with E-state index < -0.39 is 0 Å². The van der Waals surface area contributed by atoms with Gasteiger partial charge < -0.3 is 19.9 Å². The van der Waals surface area contributed by atoms with Crippen LogP contribution in [0.1, 0.15) is 40.8 Å². The molecule has 3 N–H and O–H groups in total. The van der Waals surface area contributed by atoms with Crippen molar-refractivity contribution < 1.29 is 4.74 Å². The summed E-state index contributed by atoms with van der Waals surface area (Å²) in [6, 6.07) is 62.2. The Labute approximate surface area is 312 Å². The van der Waals surface area contributed by atoms with Crippen molar-refractivity contribution in [2.24, 2.45) is 4.99 Å². The van der Waals surface area contributed by atoms with Crippen LogP contribution in [0.4, 0.5) is 5.69 Å². The Bertz CT molecular complexity index is 2900. The maximum absolute atomic E-state index is 6.89. The van der Waals surface area contributed by atoms with Gasteiger partial charge in [-0.1, -0.05) is 140 Å². The molecule has 0 fully saturated rings. The van der Waals surface area contributed by atoms with Crippen LogP contribution in [0.5, 0.6) is 5.75 Å². The summed E-state index contributed by atoms with van der Waals surface area (Å²) < 4.78 is 9.24. The van der Waals surface area contributed by atoms with E-state index in [0.29, 0.717) is 0 Å². The van der Waals surface area contributed by atoms with Crippen LogP contribution in [0.15, 0.2) is 181 Å². The van der Waals surface area contributed by atoms with Crippen molar-refractivity contribution >= 4 is 54.9 Å². The summed E-state index contributed by atoms with van der Waals surface area (Å²) in [7, 11) is 0. The number of nitrogens with one attached hydrogen (secondary N) is 3. The number of fused-ring (bicyclic) bond motifs is 8. The van der Waals surface area contributed by atoms with Gasteiger partial charge >= 0.3 is 0 Å². The topological polar surface area (TPSA) is 62.6 Å². The zero-order chi connectivity index (χ0) is 35.6. The van der Waals surface area contributed by atoms with Crippen molar-refractivity contribution in [1.82, 2.24) is 15.2 Å². The predicted octanol–water partition coefficient (Wildman–Crippen LogP) is 10.9. The van der Waals surface area contributed by atoms with E-state index >= 15 is 0 Å². The van der Waals surface area contributed by atoms with Crippen molar-refractivity contribution in [3.05, 3.63) is 198 Å². The van der Waals surface area contributed by atoms with Gasteiger partial charge in [-0.2, -0.15) is 0 Å². The largest absolute Gasteiger partial charge is 0.464 e. The van der Waals surface area contributed by atoms with Gasteiger partial charge in [-0.05, 0) is 63.7 Å². The molecule has 6 heteroatoms. The highest BCUT2D eigenvalue weighted by molar-refractivity contribution is 6.13. The Morgan fingerprint density at radius 2 is 1.20 bits per heavy atom. The third-order valence-electron chi connectivity index (χ3n) is 10.9. The molecule has 54 heavy (non-hydrogen) atoms. The number of benzene rings is 8. The summed E-state index contributed by atoms with van der Waals surface area (Å²) in [5.74, 6) is 1.76. The minimum Gasteiger partial charge on any atom is -0.464 e. The number of hydrogen-bond donors (Lipinski definition) is 3. The van der Waals surface area contributed by atoms with Crippen LogP contribution < -0.4 is 20.7 Å². The summed E-state index contributed by atoms with van der Waals surface area (Å²) in [6.07, 6.45) is -0.660. The number of nitrogens with zero attached hydrogens (tertiary/aromatic N) is 2. The van der Waals surface area contributed by atoms with E-state index in [1.807, 2.05) is 12.1 Å². The first kappa shape index (κ1) is 30.7. The van der Waals surface area contributed by atoms with Crippen molar-refractivity contribution in [3.8, 4) is 11.4 Å². The Kier molecular flexibility index (Phi) is 7.03. The monoisotopic (exact) mass is 697 g/mol. The van der Waals surface area contributed by atoms with E-state index in [1.54, 1.807) is 0 Å². The fourth-order valence-electron chi connectivity index (χ4n) is 8.28. The van der Waals surface area contributed by atoms with E-state index in [9.17, 15) is 0 Å². The molecule has 9 aromatic rings. The molecule has 11 rings (SSSR count). The van der Waals surface area contributed by atoms with Gasteiger partial charge in [0.25, 0.3) is 0 Å². The van der Waals surface area contributed by atoms with E-state index in [2.05, 4.69) is 184 Å². The van der Waals surface area contributed by atoms with Crippen LogP contribution in [-0.4, -0.2) is 10.4 Å². The molecule has 258 valence electrons. The van der Waals surface area contributed by atoms with Gasteiger partial charge in [-0.3, -0.25) is 5.32 Å². The molecule has 3 heterocycles. The number of rotatable bonds is 5. The maximum Gasteiger partial charge on any atom is 0.196 e.